The highest BCUT2D eigenvalue weighted by molar-refractivity contribution is 6.32. The van der Waals surface area contributed by atoms with Gasteiger partial charge < -0.3 is 14.5 Å². The van der Waals surface area contributed by atoms with Crippen LogP contribution in [0.4, 0.5) is 0 Å². The molecule has 0 amide bonds. The van der Waals surface area contributed by atoms with E-state index in [1.807, 2.05) is 0 Å². The van der Waals surface area contributed by atoms with Crippen LogP contribution >= 0.6 is 0 Å². The molecular formula is C18H13NO4. The van der Waals surface area contributed by atoms with E-state index in [0.717, 1.165) is 0 Å². The van der Waals surface area contributed by atoms with Crippen LogP contribution in [0.2, 0.25) is 0 Å². The summed E-state index contributed by atoms with van der Waals surface area (Å²) in [5.41, 5.74) is 2.14. The predicted octanol–water partition coefficient (Wildman–Crippen LogP) is 2.96. The van der Waals surface area contributed by atoms with Gasteiger partial charge in [0, 0.05) is 23.3 Å². The maximum absolute atomic E-state index is 12.9. The van der Waals surface area contributed by atoms with Gasteiger partial charge in [0.2, 0.25) is 5.78 Å². The van der Waals surface area contributed by atoms with Gasteiger partial charge in [-0.1, -0.05) is 24.3 Å². The smallest absolute Gasteiger partial charge is 0.210 e. The molecule has 1 aliphatic rings. The number of ketones is 2. The molecule has 1 heterocycles. The van der Waals surface area contributed by atoms with E-state index in [-0.39, 0.29) is 11.6 Å². The molecule has 5 heteroatoms. The molecule has 3 aromatic rings. The second-order valence-corrected chi connectivity index (χ2v) is 5.33. The van der Waals surface area contributed by atoms with Gasteiger partial charge in [-0.05, 0) is 0 Å². The fourth-order valence-corrected chi connectivity index (χ4v) is 3.09. The first-order chi connectivity index (χ1) is 11.2. The number of hydrogen-bond acceptors (Lipinski definition) is 4. The monoisotopic (exact) mass is 307 g/mol. The number of H-pyrrole nitrogens is 1. The quantitative estimate of drug-likeness (QED) is 0.618. The topological polar surface area (TPSA) is 68.4 Å². The molecule has 4 rings (SSSR count). The molecule has 0 radical (unpaired) electrons. The van der Waals surface area contributed by atoms with E-state index in [0.29, 0.717) is 44.8 Å². The largest absolute Gasteiger partial charge is 0.497 e. The van der Waals surface area contributed by atoms with Crippen LogP contribution in [0, 0.1) is 0 Å². The van der Waals surface area contributed by atoms with Gasteiger partial charge in [-0.15, -0.1) is 0 Å². The predicted molar refractivity (Wildman–Crippen MR) is 84.7 cm³/mol. The maximum Gasteiger partial charge on any atom is 0.210 e. The second-order valence-electron chi connectivity index (χ2n) is 5.33. The normalized spacial score (nSPS) is 13.0. The first-order valence-electron chi connectivity index (χ1n) is 7.12. The van der Waals surface area contributed by atoms with Crippen LogP contribution in [0.5, 0.6) is 11.5 Å². The van der Waals surface area contributed by atoms with Crippen molar-refractivity contribution in [2.75, 3.05) is 14.2 Å². The van der Waals surface area contributed by atoms with Crippen molar-refractivity contribution in [1.29, 1.82) is 0 Å². The number of aromatic amines is 1. The summed E-state index contributed by atoms with van der Waals surface area (Å²) in [5, 5.41) is 0.608. The van der Waals surface area contributed by atoms with Gasteiger partial charge in [0.15, 0.2) is 5.78 Å². The van der Waals surface area contributed by atoms with Crippen molar-refractivity contribution in [3.63, 3.8) is 0 Å². The summed E-state index contributed by atoms with van der Waals surface area (Å²) in [6.45, 7) is 0. The average Bonchev–Trinajstić information content (AvgIpc) is 2.98. The van der Waals surface area contributed by atoms with Crippen LogP contribution < -0.4 is 9.47 Å². The van der Waals surface area contributed by atoms with Gasteiger partial charge in [0.05, 0.1) is 36.4 Å². The number of methoxy groups -OCH3 is 2. The Kier molecular flexibility index (Phi) is 2.78. The minimum absolute atomic E-state index is 0.176. The first-order valence-corrected chi connectivity index (χ1v) is 7.12. The molecule has 5 nitrogen and oxygen atoms in total. The lowest BCUT2D eigenvalue weighted by Gasteiger charge is -2.14. The molecule has 0 saturated heterocycles. The molecule has 114 valence electrons. The van der Waals surface area contributed by atoms with E-state index in [2.05, 4.69) is 4.98 Å². The number of aromatic nitrogens is 1. The number of carbonyl (C=O) groups is 2. The zero-order valence-electron chi connectivity index (χ0n) is 12.6. The lowest BCUT2D eigenvalue weighted by Crippen LogP contribution is -2.20. The fraction of sp³-hybridized carbons (Fsp3) is 0.111. The molecule has 0 saturated carbocycles. The van der Waals surface area contributed by atoms with Gasteiger partial charge in [-0.3, -0.25) is 9.59 Å². The van der Waals surface area contributed by atoms with Crippen molar-refractivity contribution < 1.29 is 19.1 Å². The molecule has 1 aliphatic carbocycles. The zero-order valence-corrected chi connectivity index (χ0v) is 12.6. The van der Waals surface area contributed by atoms with Gasteiger partial charge in [0.25, 0.3) is 0 Å². The fourth-order valence-electron chi connectivity index (χ4n) is 3.09. The Morgan fingerprint density at radius 1 is 0.913 bits per heavy atom. The third kappa shape index (κ3) is 1.73. The molecule has 0 bridgehead atoms. The summed E-state index contributed by atoms with van der Waals surface area (Å²) in [6, 6.07) is 10.3. The Balaban J connectivity index is 2.10. The Hall–Kier alpha value is -3.08. The van der Waals surface area contributed by atoms with E-state index in [9.17, 15) is 9.59 Å². The summed E-state index contributed by atoms with van der Waals surface area (Å²) in [7, 11) is 3.08. The van der Waals surface area contributed by atoms with Crippen LogP contribution in [0.25, 0.3) is 10.9 Å². The number of rotatable bonds is 2. The second kappa shape index (κ2) is 4.71. The Labute approximate surface area is 131 Å². The Morgan fingerprint density at radius 3 is 2.26 bits per heavy atom. The van der Waals surface area contributed by atoms with Crippen molar-refractivity contribution in [3.05, 3.63) is 58.8 Å². The number of ether oxygens (including phenoxy) is 2. The van der Waals surface area contributed by atoms with E-state index in [4.69, 9.17) is 9.47 Å². The van der Waals surface area contributed by atoms with Crippen LogP contribution in [0.15, 0.2) is 36.4 Å². The number of benzene rings is 2. The molecule has 1 aromatic heterocycles. The van der Waals surface area contributed by atoms with E-state index < -0.39 is 0 Å². The summed E-state index contributed by atoms with van der Waals surface area (Å²) < 4.78 is 10.6. The highest BCUT2D eigenvalue weighted by Gasteiger charge is 2.34. The van der Waals surface area contributed by atoms with Crippen LogP contribution in [-0.2, 0) is 0 Å². The van der Waals surface area contributed by atoms with Crippen LogP contribution in [-0.4, -0.2) is 30.8 Å². The molecule has 0 unspecified atom stereocenters. The third-order valence-corrected chi connectivity index (χ3v) is 4.16. The third-order valence-electron chi connectivity index (χ3n) is 4.16. The average molecular weight is 307 g/mol. The molecule has 0 fully saturated rings. The zero-order chi connectivity index (χ0) is 16.1. The first kappa shape index (κ1) is 13.6. The molecule has 0 aliphatic heterocycles. The maximum atomic E-state index is 12.9. The van der Waals surface area contributed by atoms with Gasteiger partial charge in [-0.2, -0.15) is 0 Å². The van der Waals surface area contributed by atoms with Gasteiger partial charge >= 0.3 is 0 Å². The van der Waals surface area contributed by atoms with Crippen LogP contribution in [0.1, 0.15) is 32.0 Å². The number of fused-ring (bicyclic) bond motifs is 4. The van der Waals surface area contributed by atoms with Crippen molar-refractivity contribution in [2.45, 2.75) is 0 Å². The molecule has 0 spiro atoms. The minimum Gasteiger partial charge on any atom is -0.497 e. The molecule has 1 N–H and O–H groups in total. The van der Waals surface area contributed by atoms with E-state index in [1.165, 1.54) is 7.11 Å². The Bertz CT molecular complexity index is 984. The standard InChI is InChI=1S/C18H13NO4/c1-22-9-7-12-14(13(8-9)23-2)15-16(19-12)18(21)11-6-4-3-5-10(11)17(15)20/h3-8,19H,1-2H3. The molecule has 0 atom stereocenters. The highest BCUT2D eigenvalue weighted by atomic mass is 16.5. The van der Waals surface area contributed by atoms with Gasteiger partial charge in [0.1, 0.15) is 11.5 Å². The van der Waals surface area contributed by atoms with E-state index >= 15 is 0 Å². The molecule has 23 heavy (non-hydrogen) atoms. The molecular weight excluding hydrogens is 294 g/mol. The van der Waals surface area contributed by atoms with Crippen molar-refractivity contribution >= 4 is 22.5 Å². The number of nitrogens with one attached hydrogen (secondary N) is 1. The van der Waals surface area contributed by atoms with Gasteiger partial charge in [-0.25, -0.2) is 0 Å². The lowest BCUT2D eigenvalue weighted by molar-refractivity contribution is 0.0978. The van der Waals surface area contributed by atoms with Crippen molar-refractivity contribution in [1.82, 2.24) is 4.98 Å². The van der Waals surface area contributed by atoms with E-state index in [1.54, 1.807) is 43.5 Å². The number of hydrogen-bond donors (Lipinski definition) is 1. The lowest BCUT2D eigenvalue weighted by atomic mass is 9.87. The SMILES string of the molecule is COc1cc(OC)c2c3c([nH]c2c1)C(=O)c1ccccc1C3=O. The van der Waals surface area contributed by atoms with Crippen molar-refractivity contribution in [3.8, 4) is 11.5 Å². The van der Waals surface area contributed by atoms with Crippen LogP contribution in [0.3, 0.4) is 0 Å². The summed E-state index contributed by atoms with van der Waals surface area (Å²) in [5.74, 6) is 0.722. The summed E-state index contributed by atoms with van der Waals surface area (Å²) >= 11 is 0. The summed E-state index contributed by atoms with van der Waals surface area (Å²) in [4.78, 5) is 28.7. The molecule has 2 aromatic carbocycles. The summed E-state index contributed by atoms with van der Waals surface area (Å²) in [6.07, 6.45) is 0. The Morgan fingerprint density at radius 2 is 1.61 bits per heavy atom. The number of carbonyl (C=O) groups excluding carboxylic acids is 2. The van der Waals surface area contributed by atoms with Crippen molar-refractivity contribution in [2.24, 2.45) is 0 Å². The highest BCUT2D eigenvalue weighted by Crippen LogP contribution is 2.39. The minimum atomic E-state index is -0.188.